The number of halogens is 2. The van der Waals surface area contributed by atoms with E-state index in [0.29, 0.717) is 0 Å². The standard InChI is InChI=1S/C16H15F2NO2/c1-21-16(20)8-11-4-2-3-5-12(11)10-19-15-9-13(17)6-7-14(15)18/h2-7,9,19H,8,10H2,1H3. The average Bonchev–Trinajstić information content (AvgIpc) is 2.49. The number of hydrogen-bond acceptors (Lipinski definition) is 3. The lowest BCUT2D eigenvalue weighted by molar-refractivity contribution is -0.139. The molecule has 0 heterocycles. The van der Waals surface area contributed by atoms with Gasteiger partial charge in [0.1, 0.15) is 11.6 Å². The first-order valence-electron chi connectivity index (χ1n) is 6.42. The molecule has 0 amide bonds. The van der Waals surface area contributed by atoms with Gasteiger partial charge in [-0.25, -0.2) is 8.78 Å². The first kappa shape index (κ1) is 15.0. The minimum atomic E-state index is -0.526. The van der Waals surface area contributed by atoms with E-state index in [1.807, 2.05) is 18.2 Å². The van der Waals surface area contributed by atoms with E-state index in [2.05, 4.69) is 10.1 Å². The number of rotatable bonds is 5. The van der Waals surface area contributed by atoms with Crippen LogP contribution in [0.25, 0.3) is 0 Å². The summed E-state index contributed by atoms with van der Waals surface area (Å²) in [5, 5.41) is 2.83. The molecule has 3 nitrogen and oxygen atoms in total. The molecule has 0 aliphatic carbocycles. The van der Waals surface area contributed by atoms with Crippen LogP contribution in [0.3, 0.4) is 0 Å². The van der Waals surface area contributed by atoms with Gasteiger partial charge in [0.2, 0.25) is 0 Å². The molecule has 0 radical (unpaired) electrons. The predicted octanol–water partition coefficient (Wildman–Crippen LogP) is 3.29. The fraction of sp³-hybridized carbons (Fsp3) is 0.188. The van der Waals surface area contributed by atoms with Gasteiger partial charge < -0.3 is 10.1 Å². The van der Waals surface area contributed by atoms with Gasteiger partial charge in [0, 0.05) is 6.54 Å². The molecule has 2 aromatic carbocycles. The van der Waals surface area contributed by atoms with Crippen LogP contribution < -0.4 is 5.32 Å². The minimum Gasteiger partial charge on any atom is -0.469 e. The Morgan fingerprint density at radius 2 is 1.86 bits per heavy atom. The summed E-state index contributed by atoms with van der Waals surface area (Å²) in [7, 11) is 1.32. The van der Waals surface area contributed by atoms with Crippen molar-refractivity contribution in [3.05, 3.63) is 65.2 Å². The third kappa shape index (κ3) is 4.02. The Labute approximate surface area is 121 Å². The average molecular weight is 291 g/mol. The summed E-state index contributed by atoms with van der Waals surface area (Å²) >= 11 is 0. The van der Waals surface area contributed by atoms with Gasteiger partial charge in [-0.15, -0.1) is 0 Å². The van der Waals surface area contributed by atoms with Gasteiger partial charge in [0.15, 0.2) is 0 Å². The molecule has 0 aromatic heterocycles. The summed E-state index contributed by atoms with van der Waals surface area (Å²) in [4.78, 5) is 11.4. The molecule has 0 unspecified atom stereocenters. The van der Waals surface area contributed by atoms with Crippen LogP contribution in [0.1, 0.15) is 11.1 Å². The minimum absolute atomic E-state index is 0.0860. The Kier molecular flexibility index (Phi) is 4.87. The van der Waals surface area contributed by atoms with Crippen LogP contribution in [0.4, 0.5) is 14.5 Å². The number of nitrogens with one attached hydrogen (secondary N) is 1. The highest BCUT2D eigenvalue weighted by Gasteiger charge is 2.09. The highest BCUT2D eigenvalue weighted by Crippen LogP contribution is 2.18. The summed E-state index contributed by atoms with van der Waals surface area (Å²) in [5.74, 6) is -1.39. The number of hydrogen-bond donors (Lipinski definition) is 1. The monoisotopic (exact) mass is 291 g/mol. The molecule has 5 heteroatoms. The van der Waals surface area contributed by atoms with Crippen molar-refractivity contribution < 1.29 is 18.3 Å². The van der Waals surface area contributed by atoms with Crippen LogP contribution >= 0.6 is 0 Å². The predicted molar refractivity (Wildman–Crippen MR) is 75.8 cm³/mol. The van der Waals surface area contributed by atoms with E-state index in [1.54, 1.807) is 6.07 Å². The van der Waals surface area contributed by atoms with Crippen LogP contribution in [-0.2, 0) is 22.5 Å². The fourth-order valence-corrected chi connectivity index (χ4v) is 1.95. The molecule has 0 saturated carbocycles. The molecule has 0 aliphatic heterocycles. The van der Waals surface area contributed by atoms with Crippen molar-refractivity contribution in [2.75, 3.05) is 12.4 Å². The van der Waals surface area contributed by atoms with E-state index < -0.39 is 11.6 Å². The number of benzene rings is 2. The Balaban J connectivity index is 2.13. The molecule has 1 N–H and O–H groups in total. The number of carbonyl (C=O) groups is 1. The maximum atomic E-state index is 13.5. The normalized spacial score (nSPS) is 10.2. The van der Waals surface area contributed by atoms with Crippen molar-refractivity contribution in [3.63, 3.8) is 0 Å². The van der Waals surface area contributed by atoms with Gasteiger partial charge in [0.25, 0.3) is 0 Å². The summed E-state index contributed by atoms with van der Waals surface area (Å²) in [6.07, 6.45) is 0.139. The SMILES string of the molecule is COC(=O)Cc1ccccc1CNc1cc(F)ccc1F. The molecule has 110 valence electrons. The quantitative estimate of drug-likeness (QED) is 0.859. The lowest BCUT2D eigenvalue weighted by Gasteiger charge is -2.11. The maximum absolute atomic E-state index is 13.5. The number of anilines is 1. The van der Waals surface area contributed by atoms with Crippen molar-refractivity contribution >= 4 is 11.7 Å². The van der Waals surface area contributed by atoms with Crippen LogP contribution in [-0.4, -0.2) is 13.1 Å². The van der Waals surface area contributed by atoms with E-state index in [0.717, 1.165) is 29.3 Å². The zero-order valence-corrected chi connectivity index (χ0v) is 11.5. The van der Waals surface area contributed by atoms with Crippen LogP contribution in [0, 0.1) is 11.6 Å². The van der Waals surface area contributed by atoms with Crippen molar-refractivity contribution in [1.29, 1.82) is 0 Å². The molecule has 2 aromatic rings. The molecular weight excluding hydrogens is 276 g/mol. The Morgan fingerprint density at radius 3 is 2.57 bits per heavy atom. The molecule has 0 aliphatic rings. The number of methoxy groups -OCH3 is 1. The highest BCUT2D eigenvalue weighted by atomic mass is 19.1. The second kappa shape index (κ2) is 6.83. The molecule has 0 fully saturated rings. The first-order valence-corrected chi connectivity index (χ1v) is 6.42. The van der Waals surface area contributed by atoms with Crippen molar-refractivity contribution in [1.82, 2.24) is 0 Å². The summed E-state index contributed by atoms with van der Waals surface area (Å²) in [6.45, 7) is 0.285. The van der Waals surface area contributed by atoms with Gasteiger partial charge in [0.05, 0.1) is 19.2 Å². The Morgan fingerprint density at radius 1 is 1.14 bits per heavy atom. The van der Waals surface area contributed by atoms with Crippen LogP contribution in [0.5, 0.6) is 0 Å². The summed E-state index contributed by atoms with van der Waals surface area (Å²) in [6, 6.07) is 10.5. The van der Waals surface area contributed by atoms with Crippen molar-refractivity contribution in [2.45, 2.75) is 13.0 Å². The number of esters is 1. The molecule has 0 bridgehead atoms. The number of ether oxygens (including phenoxy) is 1. The third-order valence-corrected chi connectivity index (χ3v) is 3.08. The maximum Gasteiger partial charge on any atom is 0.309 e. The van der Waals surface area contributed by atoms with Gasteiger partial charge in [-0.05, 0) is 29.3 Å². The molecule has 2 rings (SSSR count). The lowest BCUT2D eigenvalue weighted by Crippen LogP contribution is -2.09. The van der Waals surface area contributed by atoms with Crippen molar-refractivity contribution in [2.24, 2.45) is 0 Å². The summed E-state index contributed by atoms with van der Waals surface area (Å²) in [5.41, 5.74) is 1.70. The van der Waals surface area contributed by atoms with Gasteiger partial charge in [-0.2, -0.15) is 0 Å². The largest absolute Gasteiger partial charge is 0.469 e. The van der Waals surface area contributed by atoms with E-state index in [1.165, 1.54) is 7.11 Å². The van der Waals surface area contributed by atoms with Gasteiger partial charge in [-0.1, -0.05) is 24.3 Å². The molecule has 21 heavy (non-hydrogen) atoms. The lowest BCUT2D eigenvalue weighted by atomic mass is 10.0. The van der Waals surface area contributed by atoms with E-state index >= 15 is 0 Å². The van der Waals surface area contributed by atoms with Crippen LogP contribution in [0.2, 0.25) is 0 Å². The molecule has 0 spiro atoms. The van der Waals surface area contributed by atoms with E-state index in [4.69, 9.17) is 0 Å². The zero-order valence-electron chi connectivity index (χ0n) is 11.5. The van der Waals surface area contributed by atoms with Gasteiger partial charge in [-0.3, -0.25) is 4.79 Å². The topological polar surface area (TPSA) is 38.3 Å². The highest BCUT2D eigenvalue weighted by molar-refractivity contribution is 5.72. The first-order chi connectivity index (χ1) is 10.1. The second-order valence-electron chi connectivity index (χ2n) is 4.50. The van der Waals surface area contributed by atoms with E-state index in [-0.39, 0.29) is 24.6 Å². The second-order valence-corrected chi connectivity index (χ2v) is 4.50. The van der Waals surface area contributed by atoms with E-state index in [9.17, 15) is 13.6 Å². The molecule has 0 saturated heterocycles. The molecular formula is C16H15F2NO2. The molecule has 0 atom stereocenters. The smallest absolute Gasteiger partial charge is 0.309 e. The summed E-state index contributed by atoms with van der Waals surface area (Å²) < 4.78 is 31.3. The van der Waals surface area contributed by atoms with Gasteiger partial charge >= 0.3 is 5.97 Å². The van der Waals surface area contributed by atoms with Crippen molar-refractivity contribution in [3.8, 4) is 0 Å². The third-order valence-electron chi connectivity index (χ3n) is 3.08. The Bertz CT molecular complexity index is 644. The Hall–Kier alpha value is -2.43. The fourth-order valence-electron chi connectivity index (χ4n) is 1.95. The van der Waals surface area contributed by atoms with Crippen LogP contribution in [0.15, 0.2) is 42.5 Å². The zero-order chi connectivity index (χ0) is 15.2. The number of carbonyl (C=O) groups excluding carboxylic acids is 1.